The van der Waals surface area contributed by atoms with Crippen LogP contribution in [0, 0.1) is 0 Å². The number of benzene rings is 1. The Bertz CT molecular complexity index is 431. The number of hydrogen-bond donors (Lipinski definition) is 1. The Hall–Kier alpha value is -1.71. The summed E-state index contributed by atoms with van der Waals surface area (Å²) in [5, 5.41) is 0. The first-order chi connectivity index (χ1) is 8.13. The van der Waals surface area contributed by atoms with E-state index in [4.69, 9.17) is 10.5 Å². The molecule has 4 nitrogen and oxygen atoms in total. The zero-order valence-corrected chi connectivity index (χ0v) is 10.3. The van der Waals surface area contributed by atoms with Gasteiger partial charge in [0, 0.05) is 18.2 Å². The summed E-state index contributed by atoms with van der Waals surface area (Å²) in [5.41, 5.74) is 6.93. The van der Waals surface area contributed by atoms with Crippen LogP contribution >= 0.6 is 0 Å². The van der Waals surface area contributed by atoms with E-state index in [1.807, 2.05) is 4.90 Å². The van der Waals surface area contributed by atoms with Crippen LogP contribution in [0.4, 0.5) is 5.69 Å². The van der Waals surface area contributed by atoms with Crippen LogP contribution in [0.2, 0.25) is 0 Å². The quantitative estimate of drug-likeness (QED) is 0.795. The fourth-order valence-electron chi connectivity index (χ4n) is 2.24. The maximum Gasteiger partial charge on any atom is 0.254 e. The maximum absolute atomic E-state index is 12.3. The number of nitrogens with zero attached hydrogens (tertiary/aromatic N) is 1. The van der Waals surface area contributed by atoms with Gasteiger partial charge in [-0.2, -0.15) is 0 Å². The Morgan fingerprint density at radius 3 is 2.88 bits per heavy atom. The van der Waals surface area contributed by atoms with Crippen molar-refractivity contribution < 1.29 is 9.53 Å². The van der Waals surface area contributed by atoms with Crippen LogP contribution in [0.5, 0.6) is 5.75 Å². The molecule has 1 amide bonds. The van der Waals surface area contributed by atoms with Crippen LogP contribution in [0.25, 0.3) is 0 Å². The van der Waals surface area contributed by atoms with Crippen LogP contribution in [-0.2, 0) is 0 Å². The fourth-order valence-corrected chi connectivity index (χ4v) is 2.24. The van der Waals surface area contributed by atoms with Crippen LogP contribution in [-0.4, -0.2) is 30.5 Å². The van der Waals surface area contributed by atoms with Crippen molar-refractivity contribution >= 4 is 11.6 Å². The molecule has 1 fully saturated rings. The van der Waals surface area contributed by atoms with E-state index in [2.05, 4.69) is 6.92 Å². The average Bonchev–Trinajstić information content (AvgIpc) is 2.75. The molecule has 2 N–H and O–H groups in total. The maximum atomic E-state index is 12.3. The van der Waals surface area contributed by atoms with Crippen molar-refractivity contribution in [2.75, 3.05) is 19.4 Å². The Labute approximate surface area is 101 Å². The summed E-state index contributed by atoms with van der Waals surface area (Å²) in [5.74, 6) is 0.621. The molecule has 1 aromatic carbocycles. The van der Waals surface area contributed by atoms with E-state index >= 15 is 0 Å². The van der Waals surface area contributed by atoms with Gasteiger partial charge in [-0.1, -0.05) is 0 Å². The summed E-state index contributed by atoms with van der Waals surface area (Å²) in [7, 11) is 1.55. The van der Waals surface area contributed by atoms with Gasteiger partial charge in [-0.15, -0.1) is 0 Å². The molecule has 92 valence electrons. The average molecular weight is 234 g/mol. The summed E-state index contributed by atoms with van der Waals surface area (Å²) in [6.07, 6.45) is 2.16. The number of hydrogen-bond acceptors (Lipinski definition) is 3. The number of amides is 1. The van der Waals surface area contributed by atoms with E-state index in [1.165, 1.54) is 0 Å². The third-order valence-corrected chi connectivity index (χ3v) is 3.29. The van der Waals surface area contributed by atoms with Gasteiger partial charge in [0.1, 0.15) is 5.75 Å². The highest BCUT2D eigenvalue weighted by Gasteiger charge is 2.26. The zero-order chi connectivity index (χ0) is 12.4. The lowest BCUT2D eigenvalue weighted by atomic mass is 10.1. The van der Waals surface area contributed by atoms with Gasteiger partial charge >= 0.3 is 0 Å². The van der Waals surface area contributed by atoms with E-state index in [0.717, 1.165) is 19.4 Å². The highest BCUT2D eigenvalue weighted by atomic mass is 16.5. The molecule has 1 saturated heterocycles. The molecule has 1 aliphatic heterocycles. The van der Waals surface area contributed by atoms with Gasteiger partial charge in [0.2, 0.25) is 0 Å². The van der Waals surface area contributed by atoms with Crippen molar-refractivity contribution in [3.05, 3.63) is 23.8 Å². The van der Waals surface area contributed by atoms with Gasteiger partial charge in [-0.3, -0.25) is 4.79 Å². The molecule has 0 aromatic heterocycles. The van der Waals surface area contributed by atoms with Crippen molar-refractivity contribution in [2.45, 2.75) is 25.8 Å². The third-order valence-electron chi connectivity index (χ3n) is 3.29. The number of likely N-dealkylation sites (tertiary alicyclic amines) is 1. The van der Waals surface area contributed by atoms with Crippen LogP contribution in [0.3, 0.4) is 0 Å². The molecule has 0 saturated carbocycles. The van der Waals surface area contributed by atoms with Gasteiger partial charge in [0.15, 0.2) is 0 Å². The lowest BCUT2D eigenvalue weighted by Gasteiger charge is -2.21. The first-order valence-electron chi connectivity index (χ1n) is 5.88. The second kappa shape index (κ2) is 4.65. The molecule has 0 aliphatic carbocycles. The first-order valence-corrected chi connectivity index (χ1v) is 5.88. The van der Waals surface area contributed by atoms with Crippen LogP contribution in [0.1, 0.15) is 30.1 Å². The van der Waals surface area contributed by atoms with E-state index < -0.39 is 0 Å². The number of methoxy groups -OCH3 is 1. The number of rotatable bonds is 2. The number of ether oxygens (including phenoxy) is 1. The van der Waals surface area contributed by atoms with Crippen molar-refractivity contribution in [1.82, 2.24) is 4.90 Å². The molecule has 2 rings (SSSR count). The largest absolute Gasteiger partial charge is 0.495 e. The van der Waals surface area contributed by atoms with Crippen LogP contribution < -0.4 is 10.5 Å². The van der Waals surface area contributed by atoms with Crippen molar-refractivity contribution in [1.29, 1.82) is 0 Å². The topological polar surface area (TPSA) is 55.6 Å². The molecule has 4 heteroatoms. The van der Waals surface area contributed by atoms with E-state index in [-0.39, 0.29) is 5.91 Å². The van der Waals surface area contributed by atoms with Gasteiger partial charge in [0.25, 0.3) is 5.91 Å². The second-order valence-corrected chi connectivity index (χ2v) is 4.45. The molecule has 1 aromatic rings. The first kappa shape index (κ1) is 11.8. The summed E-state index contributed by atoms with van der Waals surface area (Å²) < 4.78 is 5.13. The molecule has 0 spiro atoms. The Morgan fingerprint density at radius 2 is 2.29 bits per heavy atom. The van der Waals surface area contributed by atoms with E-state index in [9.17, 15) is 4.79 Å². The Kier molecular flexibility index (Phi) is 3.22. The molecule has 1 heterocycles. The van der Waals surface area contributed by atoms with Gasteiger partial charge in [0.05, 0.1) is 12.8 Å². The van der Waals surface area contributed by atoms with Crippen molar-refractivity contribution in [3.63, 3.8) is 0 Å². The van der Waals surface area contributed by atoms with Crippen molar-refractivity contribution in [2.24, 2.45) is 0 Å². The molecular formula is C13H18N2O2. The number of nitrogens with two attached hydrogens (primary N) is 1. The van der Waals surface area contributed by atoms with E-state index in [1.54, 1.807) is 25.3 Å². The standard InChI is InChI=1S/C13H18N2O2/c1-9-4-3-7-15(9)13(16)10-5-6-11(14)12(8-10)17-2/h5-6,8-9H,3-4,7,14H2,1-2H3. The highest BCUT2D eigenvalue weighted by molar-refractivity contribution is 5.95. The van der Waals surface area contributed by atoms with E-state index in [0.29, 0.717) is 23.0 Å². The number of anilines is 1. The third kappa shape index (κ3) is 2.20. The predicted molar refractivity (Wildman–Crippen MR) is 67.1 cm³/mol. The molecule has 1 aliphatic rings. The van der Waals surface area contributed by atoms with Crippen LogP contribution in [0.15, 0.2) is 18.2 Å². The lowest BCUT2D eigenvalue weighted by Crippen LogP contribution is -2.33. The summed E-state index contributed by atoms with van der Waals surface area (Å²) in [6.45, 7) is 2.92. The lowest BCUT2D eigenvalue weighted by molar-refractivity contribution is 0.0747. The Morgan fingerprint density at radius 1 is 1.53 bits per heavy atom. The number of carbonyl (C=O) groups excluding carboxylic acids is 1. The molecule has 1 unspecified atom stereocenters. The monoisotopic (exact) mass is 234 g/mol. The minimum Gasteiger partial charge on any atom is -0.495 e. The highest BCUT2D eigenvalue weighted by Crippen LogP contribution is 2.25. The normalized spacial score (nSPS) is 19.4. The SMILES string of the molecule is COc1cc(C(=O)N2CCCC2C)ccc1N. The molecule has 17 heavy (non-hydrogen) atoms. The van der Waals surface area contributed by atoms with Gasteiger partial charge in [-0.05, 0) is 38.0 Å². The van der Waals surface area contributed by atoms with Crippen molar-refractivity contribution in [3.8, 4) is 5.75 Å². The summed E-state index contributed by atoms with van der Waals surface area (Å²) >= 11 is 0. The number of carbonyl (C=O) groups is 1. The smallest absolute Gasteiger partial charge is 0.254 e. The molecule has 1 atom stereocenters. The molecular weight excluding hydrogens is 216 g/mol. The fraction of sp³-hybridized carbons (Fsp3) is 0.462. The minimum absolute atomic E-state index is 0.0632. The van der Waals surface area contributed by atoms with Gasteiger partial charge in [-0.25, -0.2) is 0 Å². The molecule has 0 radical (unpaired) electrons. The number of nitrogen functional groups attached to an aromatic ring is 1. The summed E-state index contributed by atoms with van der Waals surface area (Å²) in [4.78, 5) is 14.2. The zero-order valence-electron chi connectivity index (χ0n) is 10.3. The molecule has 0 bridgehead atoms. The Balaban J connectivity index is 2.24. The minimum atomic E-state index is 0.0632. The second-order valence-electron chi connectivity index (χ2n) is 4.45. The van der Waals surface area contributed by atoms with Gasteiger partial charge < -0.3 is 15.4 Å². The predicted octanol–water partition coefficient (Wildman–Crippen LogP) is 1.90. The summed E-state index contributed by atoms with van der Waals surface area (Å²) in [6, 6.07) is 5.51.